The number of aromatic nitrogens is 1. The topological polar surface area (TPSA) is 68.7 Å². The molecule has 3 aromatic rings. The summed E-state index contributed by atoms with van der Waals surface area (Å²) in [5.74, 6) is 0.942. The zero-order valence-electron chi connectivity index (χ0n) is 17.9. The van der Waals surface area contributed by atoms with Crippen LogP contribution in [0.15, 0.2) is 52.7 Å². The molecule has 0 bridgehead atoms. The van der Waals surface area contributed by atoms with Crippen LogP contribution in [0, 0.1) is 6.92 Å². The molecule has 1 aliphatic rings. The summed E-state index contributed by atoms with van der Waals surface area (Å²) in [6.45, 7) is 3.41. The summed E-state index contributed by atoms with van der Waals surface area (Å²) < 4.78 is 36.9. The minimum atomic E-state index is -3.45. The fourth-order valence-electron chi connectivity index (χ4n) is 3.94. The van der Waals surface area contributed by atoms with Crippen molar-refractivity contribution in [1.29, 1.82) is 0 Å². The molecule has 0 radical (unpaired) electrons. The fraction of sp³-hybridized carbons (Fsp3) is 0.348. The van der Waals surface area contributed by atoms with E-state index in [2.05, 4.69) is 29.3 Å². The number of benzene rings is 2. The van der Waals surface area contributed by atoms with E-state index in [4.69, 9.17) is 14.5 Å². The highest BCUT2D eigenvalue weighted by molar-refractivity contribution is 7.92. The van der Waals surface area contributed by atoms with E-state index in [-0.39, 0.29) is 4.90 Å². The SMILES string of the molecule is COc1ccc(S(=O)(=O)C2CCN(c3nc(-c4ccccc4C)cs3)CC2)cc1OC. The van der Waals surface area contributed by atoms with Gasteiger partial charge in [-0.15, -0.1) is 11.3 Å². The van der Waals surface area contributed by atoms with Crippen molar-refractivity contribution in [2.75, 3.05) is 32.2 Å². The van der Waals surface area contributed by atoms with E-state index in [9.17, 15) is 8.42 Å². The lowest BCUT2D eigenvalue weighted by Crippen LogP contribution is -2.39. The van der Waals surface area contributed by atoms with Crippen LogP contribution in [0.1, 0.15) is 18.4 Å². The van der Waals surface area contributed by atoms with Gasteiger partial charge in [-0.25, -0.2) is 13.4 Å². The lowest BCUT2D eigenvalue weighted by molar-refractivity contribution is 0.354. The highest BCUT2D eigenvalue weighted by atomic mass is 32.2. The number of rotatable bonds is 6. The summed E-state index contributed by atoms with van der Waals surface area (Å²) in [7, 11) is -0.409. The molecular weight excluding hydrogens is 432 g/mol. The molecule has 0 amide bonds. The molecule has 2 aromatic carbocycles. The van der Waals surface area contributed by atoms with Gasteiger partial charge in [-0.05, 0) is 37.5 Å². The van der Waals surface area contributed by atoms with E-state index in [1.807, 2.05) is 12.1 Å². The van der Waals surface area contributed by atoms with Crippen LogP contribution in [0.5, 0.6) is 11.5 Å². The summed E-state index contributed by atoms with van der Waals surface area (Å²) in [4.78, 5) is 7.28. The Hall–Kier alpha value is -2.58. The monoisotopic (exact) mass is 458 g/mol. The largest absolute Gasteiger partial charge is 0.493 e. The molecule has 2 heterocycles. The molecule has 4 rings (SSSR count). The Bertz CT molecular complexity index is 1170. The maximum absolute atomic E-state index is 13.2. The van der Waals surface area contributed by atoms with Crippen molar-refractivity contribution in [3.63, 3.8) is 0 Å². The van der Waals surface area contributed by atoms with Gasteiger partial charge in [0.25, 0.3) is 0 Å². The number of ether oxygens (including phenoxy) is 2. The van der Waals surface area contributed by atoms with Gasteiger partial charge in [0.15, 0.2) is 26.5 Å². The van der Waals surface area contributed by atoms with Crippen LogP contribution in [-0.4, -0.2) is 46.0 Å². The average Bonchev–Trinajstić information content (AvgIpc) is 3.29. The first kappa shape index (κ1) is 21.6. The first-order valence-electron chi connectivity index (χ1n) is 10.2. The minimum Gasteiger partial charge on any atom is -0.493 e. The van der Waals surface area contributed by atoms with Crippen LogP contribution in [0.25, 0.3) is 11.3 Å². The van der Waals surface area contributed by atoms with Crippen molar-refractivity contribution in [1.82, 2.24) is 4.98 Å². The van der Waals surface area contributed by atoms with Gasteiger partial charge < -0.3 is 14.4 Å². The summed E-state index contributed by atoms with van der Waals surface area (Å²) >= 11 is 1.61. The van der Waals surface area contributed by atoms with Crippen molar-refractivity contribution in [2.24, 2.45) is 0 Å². The summed E-state index contributed by atoms with van der Waals surface area (Å²) in [5, 5.41) is 2.60. The molecule has 0 atom stereocenters. The zero-order chi connectivity index (χ0) is 22.0. The number of sulfone groups is 1. The van der Waals surface area contributed by atoms with Crippen molar-refractivity contribution in [3.8, 4) is 22.8 Å². The standard InChI is InChI=1S/C23H26N2O4S2/c1-16-6-4-5-7-19(16)20-15-30-23(24-20)25-12-10-17(11-13-25)31(26,27)18-8-9-21(28-2)22(14-18)29-3/h4-9,14-15,17H,10-13H2,1-3H3. The first-order chi connectivity index (χ1) is 14.9. The number of aryl methyl sites for hydroxylation is 1. The molecule has 0 aliphatic carbocycles. The van der Waals surface area contributed by atoms with Gasteiger partial charge in [0, 0.05) is 30.1 Å². The van der Waals surface area contributed by atoms with Crippen molar-refractivity contribution < 1.29 is 17.9 Å². The van der Waals surface area contributed by atoms with E-state index in [1.54, 1.807) is 29.5 Å². The van der Waals surface area contributed by atoms with E-state index < -0.39 is 15.1 Å². The second-order valence-electron chi connectivity index (χ2n) is 7.58. The smallest absolute Gasteiger partial charge is 0.185 e. The van der Waals surface area contributed by atoms with Gasteiger partial charge in [-0.1, -0.05) is 24.3 Å². The molecule has 0 saturated carbocycles. The Labute approximate surface area is 187 Å². The van der Waals surface area contributed by atoms with Crippen molar-refractivity contribution in [2.45, 2.75) is 29.9 Å². The zero-order valence-corrected chi connectivity index (χ0v) is 19.5. The molecule has 6 nitrogen and oxygen atoms in total. The number of nitrogens with zero attached hydrogens (tertiary/aromatic N) is 2. The molecular formula is C23H26N2O4S2. The summed E-state index contributed by atoms with van der Waals surface area (Å²) in [6.07, 6.45) is 1.13. The van der Waals surface area contributed by atoms with Crippen LogP contribution in [0.2, 0.25) is 0 Å². The van der Waals surface area contributed by atoms with Gasteiger partial charge in [0.1, 0.15) is 0 Å². The van der Waals surface area contributed by atoms with Gasteiger partial charge in [0.05, 0.1) is 30.1 Å². The minimum absolute atomic E-state index is 0.277. The number of hydrogen-bond acceptors (Lipinski definition) is 7. The lowest BCUT2D eigenvalue weighted by Gasteiger charge is -2.31. The first-order valence-corrected chi connectivity index (χ1v) is 12.6. The molecule has 1 fully saturated rings. The Morgan fingerprint density at radius 1 is 1.03 bits per heavy atom. The van der Waals surface area contributed by atoms with Gasteiger partial charge in [-0.2, -0.15) is 0 Å². The predicted octanol–water partition coefficient (Wildman–Crippen LogP) is 4.58. The Morgan fingerprint density at radius 2 is 1.74 bits per heavy atom. The highest BCUT2D eigenvalue weighted by Gasteiger charge is 2.32. The maximum Gasteiger partial charge on any atom is 0.185 e. The number of piperidine rings is 1. The van der Waals surface area contributed by atoms with Crippen LogP contribution in [0.4, 0.5) is 5.13 Å². The normalized spacial score (nSPS) is 15.1. The lowest BCUT2D eigenvalue weighted by atomic mass is 10.1. The third kappa shape index (κ3) is 4.27. The van der Waals surface area contributed by atoms with E-state index in [0.29, 0.717) is 37.4 Å². The molecule has 1 aromatic heterocycles. The molecule has 1 saturated heterocycles. The van der Waals surface area contributed by atoms with Crippen LogP contribution < -0.4 is 14.4 Å². The molecule has 0 spiro atoms. The Morgan fingerprint density at radius 3 is 2.42 bits per heavy atom. The Kier molecular flexibility index (Phi) is 6.20. The second-order valence-corrected chi connectivity index (χ2v) is 10.6. The van der Waals surface area contributed by atoms with Crippen LogP contribution >= 0.6 is 11.3 Å². The van der Waals surface area contributed by atoms with Crippen LogP contribution in [0.3, 0.4) is 0 Å². The molecule has 1 aliphatic heterocycles. The fourth-order valence-corrected chi connectivity index (χ4v) is 6.56. The summed E-state index contributed by atoms with van der Waals surface area (Å²) in [5.41, 5.74) is 3.30. The number of hydrogen-bond donors (Lipinski definition) is 0. The summed E-state index contributed by atoms with van der Waals surface area (Å²) in [6, 6.07) is 13.0. The van der Waals surface area contributed by atoms with Gasteiger partial charge >= 0.3 is 0 Å². The number of thiazole rings is 1. The Balaban J connectivity index is 1.47. The van der Waals surface area contributed by atoms with Crippen LogP contribution in [-0.2, 0) is 9.84 Å². The maximum atomic E-state index is 13.2. The highest BCUT2D eigenvalue weighted by Crippen LogP contribution is 2.35. The molecule has 31 heavy (non-hydrogen) atoms. The molecule has 8 heteroatoms. The van der Waals surface area contributed by atoms with Gasteiger partial charge in [-0.3, -0.25) is 0 Å². The third-order valence-corrected chi connectivity index (χ3v) is 8.91. The van der Waals surface area contributed by atoms with E-state index in [1.165, 1.54) is 19.8 Å². The molecule has 0 N–H and O–H groups in total. The average molecular weight is 459 g/mol. The van der Waals surface area contributed by atoms with Gasteiger partial charge in [0.2, 0.25) is 0 Å². The number of anilines is 1. The number of methoxy groups -OCH3 is 2. The predicted molar refractivity (Wildman–Crippen MR) is 124 cm³/mol. The van der Waals surface area contributed by atoms with E-state index >= 15 is 0 Å². The van der Waals surface area contributed by atoms with Crippen molar-refractivity contribution >= 4 is 26.3 Å². The second kappa shape index (κ2) is 8.88. The van der Waals surface area contributed by atoms with Crippen molar-refractivity contribution in [3.05, 3.63) is 53.4 Å². The molecule has 164 valence electrons. The molecule has 0 unspecified atom stereocenters. The van der Waals surface area contributed by atoms with E-state index in [0.717, 1.165) is 16.4 Å². The third-order valence-electron chi connectivity index (χ3n) is 5.75. The quantitative estimate of drug-likeness (QED) is 0.539.